The van der Waals surface area contributed by atoms with E-state index in [1.807, 2.05) is 0 Å². The maximum atomic E-state index is 3.58. The van der Waals surface area contributed by atoms with Crippen LogP contribution in [0.4, 0.5) is 0 Å². The van der Waals surface area contributed by atoms with Gasteiger partial charge in [-0.3, -0.25) is 0 Å². The van der Waals surface area contributed by atoms with E-state index in [4.69, 9.17) is 0 Å². The molecule has 0 unspecified atom stereocenters. The first-order valence-corrected chi connectivity index (χ1v) is 7.14. The van der Waals surface area contributed by atoms with Crippen molar-refractivity contribution in [3.63, 3.8) is 0 Å². The second-order valence-electron chi connectivity index (χ2n) is 5.10. The second kappa shape index (κ2) is 9.21. The highest BCUT2D eigenvalue weighted by Gasteiger charge is 2.15. The van der Waals surface area contributed by atoms with Gasteiger partial charge in [0.05, 0.1) is 0 Å². The number of hydrogen-bond donors (Lipinski definition) is 1. The van der Waals surface area contributed by atoms with Crippen LogP contribution in [0.1, 0.15) is 71.1 Å². The van der Waals surface area contributed by atoms with E-state index in [0.29, 0.717) is 0 Å². The van der Waals surface area contributed by atoms with E-state index in [-0.39, 0.29) is 0 Å². The van der Waals surface area contributed by atoms with Gasteiger partial charge < -0.3 is 5.32 Å². The minimum atomic E-state index is 1.07. The molecule has 0 spiro atoms. The van der Waals surface area contributed by atoms with Gasteiger partial charge in [-0.15, -0.1) is 0 Å². The van der Waals surface area contributed by atoms with E-state index < -0.39 is 0 Å². The summed E-state index contributed by atoms with van der Waals surface area (Å²) >= 11 is 0. The molecule has 0 aromatic carbocycles. The molecule has 1 N–H and O–H groups in total. The topological polar surface area (TPSA) is 12.0 Å². The zero-order valence-corrected chi connectivity index (χ0v) is 10.6. The van der Waals surface area contributed by atoms with Crippen LogP contribution in [0.2, 0.25) is 0 Å². The Labute approximate surface area is 96.0 Å². The third-order valence-electron chi connectivity index (χ3n) is 3.66. The summed E-state index contributed by atoms with van der Waals surface area (Å²) in [6.07, 6.45) is 14.4. The average Bonchev–Trinajstić information content (AvgIpc) is 2.18. The molecule has 0 bridgehead atoms. The summed E-state index contributed by atoms with van der Waals surface area (Å²) in [6, 6.07) is 0. The molecule has 15 heavy (non-hydrogen) atoms. The van der Waals surface area contributed by atoms with Crippen molar-refractivity contribution in [2.75, 3.05) is 13.1 Å². The van der Waals surface area contributed by atoms with Crippen LogP contribution in [-0.4, -0.2) is 13.1 Å². The van der Waals surface area contributed by atoms with Crippen LogP contribution < -0.4 is 5.32 Å². The molecule has 0 aliphatic heterocycles. The number of rotatable bonds is 10. The Morgan fingerprint density at radius 2 is 1.67 bits per heavy atom. The zero-order valence-electron chi connectivity index (χ0n) is 10.6. The van der Waals surface area contributed by atoms with Gasteiger partial charge >= 0.3 is 0 Å². The third-order valence-corrected chi connectivity index (χ3v) is 3.66. The normalized spacial score (nSPS) is 16.6. The maximum Gasteiger partial charge on any atom is -0.00463 e. The van der Waals surface area contributed by atoms with E-state index in [0.717, 1.165) is 5.92 Å². The SMILES string of the molecule is CCCCCCCCNCCC1CCC1. The van der Waals surface area contributed by atoms with Crippen LogP contribution in [0.3, 0.4) is 0 Å². The molecule has 90 valence electrons. The summed E-state index contributed by atoms with van der Waals surface area (Å²) in [5.74, 6) is 1.07. The average molecular weight is 211 g/mol. The largest absolute Gasteiger partial charge is 0.317 e. The number of hydrogen-bond acceptors (Lipinski definition) is 1. The second-order valence-corrected chi connectivity index (χ2v) is 5.10. The molecule has 1 fully saturated rings. The van der Waals surface area contributed by atoms with Gasteiger partial charge in [0, 0.05) is 0 Å². The zero-order chi connectivity index (χ0) is 10.8. The molecule has 1 rings (SSSR count). The van der Waals surface area contributed by atoms with E-state index in [2.05, 4.69) is 12.2 Å². The molecule has 0 saturated heterocycles. The van der Waals surface area contributed by atoms with Crippen molar-refractivity contribution in [3.8, 4) is 0 Å². The van der Waals surface area contributed by atoms with Crippen LogP contribution in [0.25, 0.3) is 0 Å². The van der Waals surface area contributed by atoms with Crippen molar-refractivity contribution in [2.45, 2.75) is 71.1 Å². The van der Waals surface area contributed by atoms with Gasteiger partial charge in [-0.2, -0.15) is 0 Å². The van der Waals surface area contributed by atoms with E-state index >= 15 is 0 Å². The van der Waals surface area contributed by atoms with Crippen molar-refractivity contribution in [2.24, 2.45) is 5.92 Å². The molecule has 0 amide bonds. The number of unbranched alkanes of at least 4 members (excludes halogenated alkanes) is 5. The molecule has 1 nitrogen and oxygen atoms in total. The lowest BCUT2D eigenvalue weighted by molar-refractivity contribution is 0.292. The maximum absolute atomic E-state index is 3.58. The van der Waals surface area contributed by atoms with Crippen molar-refractivity contribution in [3.05, 3.63) is 0 Å². The lowest BCUT2D eigenvalue weighted by atomic mass is 9.83. The highest BCUT2D eigenvalue weighted by atomic mass is 14.8. The van der Waals surface area contributed by atoms with E-state index in [1.54, 1.807) is 0 Å². The fraction of sp³-hybridized carbons (Fsp3) is 1.00. The lowest BCUT2D eigenvalue weighted by Gasteiger charge is -2.25. The van der Waals surface area contributed by atoms with Crippen molar-refractivity contribution in [1.82, 2.24) is 5.32 Å². The highest BCUT2D eigenvalue weighted by molar-refractivity contribution is 4.70. The van der Waals surface area contributed by atoms with E-state index in [1.165, 1.54) is 77.3 Å². The Hall–Kier alpha value is -0.0400. The van der Waals surface area contributed by atoms with Gasteiger partial charge in [-0.25, -0.2) is 0 Å². The molecule has 1 aliphatic carbocycles. The van der Waals surface area contributed by atoms with Crippen molar-refractivity contribution in [1.29, 1.82) is 0 Å². The predicted molar refractivity (Wildman–Crippen MR) is 68.2 cm³/mol. The van der Waals surface area contributed by atoms with Crippen LogP contribution in [0.15, 0.2) is 0 Å². The quantitative estimate of drug-likeness (QED) is 0.536. The summed E-state index contributed by atoms with van der Waals surface area (Å²) in [5, 5.41) is 3.58. The first kappa shape index (κ1) is 13.0. The smallest absolute Gasteiger partial charge is 0.00463 e. The van der Waals surface area contributed by atoms with Crippen LogP contribution >= 0.6 is 0 Å². The minimum absolute atomic E-state index is 1.07. The van der Waals surface area contributed by atoms with Crippen LogP contribution in [0.5, 0.6) is 0 Å². The molecule has 0 radical (unpaired) electrons. The highest BCUT2D eigenvalue weighted by Crippen LogP contribution is 2.28. The van der Waals surface area contributed by atoms with E-state index in [9.17, 15) is 0 Å². The summed E-state index contributed by atoms with van der Waals surface area (Å²) < 4.78 is 0. The molecular formula is C14H29N. The van der Waals surface area contributed by atoms with Crippen molar-refractivity contribution < 1.29 is 0 Å². The Balaban J connectivity index is 1.66. The summed E-state index contributed by atoms with van der Waals surface area (Å²) in [7, 11) is 0. The molecule has 0 atom stereocenters. The Morgan fingerprint density at radius 3 is 2.33 bits per heavy atom. The molecular weight excluding hydrogens is 182 g/mol. The van der Waals surface area contributed by atoms with Gasteiger partial charge in [0.15, 0.2) is 0 Å². The Kier molecular flexibility index (Phi) is 7.99. The summed E-state index contributed by atoms with van der Waals surface area (Å²) in [6.45, 7) is 4.79. The van der Waals surface area contributed by atoms with Gasteiger partial charge in [0.2, 0.25) is 0 Å². The molecule has 1 saturated carbocycles. The predicted octanol–water partition coefficient (Wildman–Crippen LogP) is 4.13. The molecule has 1 heteroatoms. The van der Waals surface area contributed by atoms with Gasteiger partial charge in [-0.1, -0.05) is 58.3 Å². The Bertz CT molecular complexity index is 129. The van der Waals surface area contributed by atoms with Gasteiger partial charge in [-0.05, 0) is 31.8 Å². The standard InChI is InChI=1S/C14H29N/c1-2-3-4-5-6-7-12-15-13-11-14-9-8-10-14/h14-15H,2-13H2,1H3. The summed E-state index contributed by atoms with van der Waals surface area (Å²) in [5.41, 5.74) is 0. The monoisotopic (exact) mass is 211 g/mol. The number of nitrogens with one attached hydrogen (secondary N) is 1. The lowest BCUT2D eigenvalue weighted by Crippen LogP contribution is -2.22. The fourth-order valence-electron chi connectivity index (χ4n) is 2.24. The van der Waals surface area contributed by atoms with Crippen LogP contribution in [0, 0.1) is 5.92 Å². The molecule has 1 aliphatic rings. The van der Waals surface area contributed by atoms with Crippen molar-refractivity contribution >= 4 is 0 Å². The molecule has 0 heterocycles. The van der Waals surface area contributed by atoms with Gasteiger partial charge in [0.1, 0.15) is 0 Å². The molecule has 0 aromatic heterocycles. The van der Waals surface area contributed by atoms with Gasteiger partial charge in [0.25, 0.3) is 0 Å². The first-order chi connectivity index (χ1) is 7.43. The van der Waals surface area contributed by atoms with Crippen LogP contribution in [-0.2, 0) is 0 Å². The fourth-order valence-corrected chi connectivity index (χ4v) is 2.24. The first-order valence-electron chi connectivity index (χ1n) is 7.14. The summed E-state index contributed by atoms with van der Waals surface area (Å²) in [4.78, 5) is 0. The minimum Gasteiger partial charge on any atom is -0.317 e. The molecule has 0 aromatic rings. The third kappa shape index (κ3) is 6.94. The Morgan fingerprint density at radius 1 is 0.933 bits per heavy atom.